The fourth-order valence-corrected chi connectivity index (χ4v) is 2.81. The molecule has 4 nitrogen and oxygen atoms in total. The molecule has 1 aromatic carbocycles. The molecule has 0 amide bonds. The van der Waals surface area contributed by atoms with Gasteiger partial charge < -0.3 is 9.84 Å². The Bertz CT molecular complexity index is 469. The van der Waals surface area contributed by atoms with Crippen LogP contribution in [0.4, 0.5) is 4.39 Å². The van der Waals surface area contributed by atoms with Crippen LogP contribution in [0.25, 0.3) is 0 Å². The molecule has 0 aromatic heterocycles. The van der Waals surface area contributed by atoms with E-state index in [1.54, 1.807) is 0 Å². The second-order valence-electron chi connectivity index (χ2n) is 5.06. The Hall–Kier alpha value is -0.980. The molecule has 1 fully saturated rings. The van der Waals surface area contributed by atoms with Gasteiger partial charge in [-0.2, -0.15) is 0 Å². The molecular formula is C13H15BrFNO3. The Kier molecular flexibility index (Phi) is 4.23. The Labute approximate surface area is 119 Å². The molecule has 1 aliphatic rings. The maximum atomic E-state index is 13.2. The van der Waals surface area contributed by atoms with Crippen molar-refractivity contribution in [3.8, 4) is 0 Å². The molecule has 1 aliphatic heterocycles. The predicted octanol–water partition coefficient (Wildman–Crippen LogP) is 2.26. The van der Waals surface area contributed by atoms with Gasteiger partial charge in [-0.1, -0.05) is 15.9 Å². The average Bonchev–Trinajstić information content (AvgIpc) is 2.22. The second kappa shape index (κ2) is 5.56. The van der Waals surface area contributed by atoms with Crippen LogP contribution in [-0.4, -0.2) is 41.3 Å². The predicted molar refractivity (Wildman–Crippen MR) is 71.4 cm³/mol. The van der Waals surface area contributed by atoms with Crippen LogP contribution in [0.5, 0.6) is 0 Å². The number of likely N-dealkylation sites (tertiary alicyclic amines) is 1. The molecule has 0 saturated carbocycles. The zero-order chi connectivity index (χ0) is 14.0. The normalized spacial score (nSPS) is 18.1. The van der Waals surface area contributed by atoms with Gasteiger partial charge in [0.25, 0.3) is 0 Å². The molecule has 0 spiro atoms. The molecule has 104 valence electrons. The highest BCUT2D eigenvalue weighted by Crippen LogP contribution is 2.27. The number of hydrogen-bond donors (Lipinski definition) is 1. The van der Waals surface area contributed by atoms with Crippen LogP contribution in [0.15, 0.2) is 22.7 Å². The topological polar surface area (TPSA) is 49.8 Å². The first-order chi connectivity index (χ1) is 8.86. The van der Waals surface area contributed by atoms with Gasteiger partial charge in [-0.05, 0) is 30.7 Å². The molecule has 1 aromatic rings. The van der Waals surface area contributed by atoms with E-state index in [-0.39, 0.29) is 12.4 Å². The van der Waals surface area contributed by atoms with Gasteiger partial charge in [-0.15, -0.1) is 0 Å². The summed E-state index contributed by atoms with van der Waals surface area (Å²) in [5.41, 5.74) is 0.468. The summed E-state index contributed by atoms with van der Waals surface area (Å²) in [6, 6.07) is 4.79. The highest BCUT2D eigenvalue weighted by Gasteiger charge is 2.39. The molecule has 0 bridgehead atoms. The molecule has 0 atom stereocenters. The van der Waals surface area contributed by atoms with Crippen molar-refractivity contribution in [1.82, 2.24) is 4.90 Å². The lowest BCUT2D eigenvalue weighted by Crippen LogP contribution is -2.61. The standard InChI is InChI=1S/C13H15BrFNO3/c1-13(19-6-12(17)18)7-16(8-13)5-9-2-10(14)4-11(15)3-9/h2-4H,5-8H2,1H3,(H,17,18). The molecule has 6 heteroatoms. The third-order valence-electron chi connectivity index (χ3n) is 2.99. The number of carboxylic acids is 1. The number of rotatable bonds is 5. The van der Waals surface area contributed by atoms with E-state index < -0.39 is 11.6 Å². The number of carboxylic acid groups (broad SMARTS) is 1. The maximum Gasteiger partial charge on any atom is 0.329 e. The Morgan fingerprint density at radius 2 is 2.21 bits per heavy atom. The lowest BCUT2D eigenvalue weighted by molar-refractivity contribution is -0.165. The van der Waals surface area contributed by atoms with Crippen molar-refractivity contribution in [2.75, 3.05) is 19.7 Å². The van der Waals surface area contributed by atoms with Crippen LogP contribution in [0.1, 0.15) is 12.5 Å². The Morgan fingerprint density at radius 3 is 2.79 bits per heavy atom. The summed E-state index contributed by atoms with van der Waals surface area (Å²) < 4.78 is 19.3. The van der Waals surface area contributed by atoms with Crippen molar-refractivity contribution in [3.05, 3.63) is 34.1 Å². The highest BCUT2D eigenvalue weighted by molar-refractivity contribution is 9.10. The molecule has 1 heterocycles. The van der Waals surface area contributed by atoms with Crippen LogP contribution in [0.3, 0.4) is 0 Å². The van der Waals surface area contributed by atoms with Gasteiger partial charge in [0.2, 0.25) is 0 Å². The molecule has 0 aliphatic carbocycles. The van der Waals surface area contributed by atoms with Gasteiger partial charge in [0.05, 0.1) is 5.60 Å². The SMILES string of the molecule is CC1(OCC(=O)O)CN(Cc2cc(F)cc(Br)c2)C1. The number of carbonyl (C=O) groups is 1. The molecule has 0 radical (unpaired) electrons. The average molecular weight is 332 g/mol. The quantitative estimate of drug-likeness (QED) is 0.899. The van der Waals surface area contributed by atoms with Gasteiger partial charge in [0, 0.05) is 24.1 Å². The van der Waals surface area contributed by atoms with E-state index in [0.717, 1.165) is 5.56 Å². The summed E-state index contributed by atoms with van der Waals surface area (Å²) in [6.45, 7) is 3.52. The van der Waals surface area contributed by atoms with Crippen molar-refractivity contribution in [3.63, 3.8) is 0 Å². The van der Waals surface area contributed by atoms with E-state index in [2.05, 4.69) is 20.8 Å². The summed E-state index contributed by atoms with van der Waals surface area (Å²) in [6.07, 6.45) is 0. The maximum absolute atomic E-state index is 13.2. The summed E-state index contributed by atoms with van der Waals surface area (Å²) in [7, 11) is 0. The molecular weight excluding hydrogens is 317 g/mol. The van der Waals surface area contributed by atoms with Crippen LogP contribution in [-0.2, 0) is 16.1 Å². The molecule has 1 N–H and O–H groups in total. The van der Waals surface area contributed by atoms with Crippen molar-refractivity contribution in [2.24, 2.45) is 0 Å². The largest absolute Gasteiger partial charge is 0.480 e. The van der Waals surface area contributed by atoms with Crippen LogP contribution in [0.2, 0.25) is 0 Å². The van der Waals surface area contributed by atoms with Gasteiger partial charge in [0.15, 0.2) is 0 Å². The number of halogens is 2. The number of nitrogens with zero attached hydrogens (tertiary/aromatic N) is 1. The van der Waals surface area contributed by atoms with Crippen molar-refractivity contribution >= 4 is 21.9 Å². The van der Waals surface area contributed by atoms with Gasteiger partial charge >= 0.3 is 5.97 Å². The second-order valence-corrected chi connectivity index (χ2v) is 5.97. The molecule has 1 saturated heterocycles. The third kappa shape index (κ3) is 3.99. The molecule has 0 unspecified atom stereocenters. The monoisotopic (exact) mass is 331 g/mol. The fourth-order valence-electron chi connectivity index (χ4n) is 2.30. The number of aliphatic carboxylic acids is 1. The molecule has 19 heavy (non-hydrogen) atoms. The zero-order valence-corrected chi connectivity index (χ0v) is 12.1. The number of hydrogen-bond acceptors (Lipinski definition) is 3. The van der Waals surface area contributed by atoms with Gasteiger partial charge in [-0.25, -0.2) is 9.18 Å². The highest BCUT2D eigenvalue weighted by atomic mass is 79.9. The van der Waals surface area contributed by atoms with Crippen LogP contribution >= 0.6 is 15.9 Å². The number of ether oxygens (including phenoxy) is 1. The van der Waals surface area contributed by atoms with Gasteiger partial charge in [0.1, 0.15) is 12.4 Å². The summed E-state index contributed by atoms with van der Waals surface area (Å²) >= 11 is 3.26. The van der Waals surface area contributed by atoms with E-state index in [0.29, 0.717) is 24.1 Å². The smallest absolute Gasteiger partial charge is 0.329 e. The van der Waals surface area contributed by atoms with Crippen LogP contribution < -0.4 is 0 Å². The lowest BCUT2D eigenvalue weighted by Gasteiger charge is -2.47. The lowest BCUT2D eigenvalue weighted by atomic mass is 9.95. The van der Waals surface area contributed by atoms with Crippen molar-refractivity contribution < 1.29 is 19.0 Å². The Balaban J connectivity index is 1.85. The van der Waals surface area contributed by atoms with E-state index in [1.807, 2.05) is 13.0 Å². The fraction of sp³-hybridized carbons (Fsp3) is 0.462. The summed E-state index contributed by atoms with van der Waals surface area (Å²) in [4.78, 5) is 12.5. The van der Waals surface area contributed by atoms with Gasteiger partial charge in [-0.3, -0.25) is 4.90 Å². The van der Waals surface area contributed by atoms with E-state index in [9.17, 15) is 9.18 Å². The minimum Gasteiger partial charge on any atom is -0.480 e. The third-order valence-corrected chi connectivity index (χ3v) is 3.45. The van der Waals surface area contributed by atoms with E-state index in [1.165, 1.54) is 12.1 Å². The number of benzene rings is 1. The van der Waals surface area contributed by atoms with Crippen LogP contribution in [0, 0.1) is 5.82 Å². The summed E-state index contributed by atoms with van der Waals surface area (Å²) in [5, 5.41) is 8.57. The first-order valence-electron chi connectivity index (χ1n) is 5.89. The van der Waals surface area contributed by atoms with Crippen molar-refractivity contribution in [2.45, 2.75) is 19.1 Å². The Morgan fingerprint density at radius 1 is 1.53 bits per heavy atom. The van der Waals surface area contributed by atoms with E-state index in [4.69, 9.17) is 9.84 Å². The zero-order valence-electron chi connectivity index (χ0n) is 10.5. The molecule has 2 rings (SSSR count). The minimum atomic E-state index is -0.964. The van der Waals surface area contributed by atoms with Crippen molar-refractivity contribution in [1.29, 1.82) is 0 Å². The first-order valence-corrected chi connectivity index (χ1v) is 6.69. The minimum absolute atomic E-state index is 0.269. The first kappa shape index (κ1) is 14.4. The summed E-state index contributed by atoms with van der Waals surface area (Å²) in [5.74, 6) is -1.23. The van der Waals surface area contributed by atoms with E-state index >= 15 is 0 Å².